The zero-order valence-corrected chi connectivity index (χ0v) is 13.4. The number of nitriles is 3. The number of rotatable bonds is 1. The van der Waals surface area contributed by atoms with Crippen molar-refractivity contribution in [2.45, 2.75) is 25.4 Å². The molecule has 3 N–H and O–H groups in total. The lowest BCUT2D eigenvalue weighted by Gasteiger charge is -2.52. The maximum atomic E-state index is 12.8. The number of nitrogens with zero attached hydrogens (tertiary/aromatic N) is 3. The van der Waals surface area contributed by atoms with Gasteiger partial charge in [-0.2, -0.15) is 15.8 Å². The molecule has 0 unspecified atom stereocenters. The van der Waals surface area contributed by atoms with E-state index in [1.807, 2.05) is 31.2 Å². The maximum absolute atomic E-state index is 12.8. The predicted octanol–water partition coefficient (Wildman–Crippen LogP) is 1.38. The van der Waals surface area contributed by atoms with E-state index in [0.717, 1.165) is 5.56 Å². The molecule has 1 aliphatic heterocycles. The fourth-order valence-corrected chi connectivity index (χ4v) is 4.66. The molecule has 2 fully saturated rings. The highest BCUT2D eigenvalue weighted by Crippen LogP contribution is 2.66. The summed E-state index contributed by atoms with van der Waals surface area (Å²) in [7, 11) is 0. The van der Waals surface area contributed by atoms with Crippen LogP contribution in [-0.2, 0) is 4.79 Å². The van der Waals surface area contributed by atoms with Crippen LogP contribution in [0.2, 0.25) is 0 Å². The Hall–Kier alpha value is -2.88. The SMILES string of the molecule is C[C@H]1[C@@H](c2ccccc2)C(C#N)(C#N)[C@]2(C#N)C(=O)N[C@@]1(N)[C@@H]2C. The van der Waals surface area contributed by atoms with Gasteiger partial charge in [-0.1, -0.05) is 44.2 Å². The Morgan fingerprint density at radius 3 is 2.17 bits per heavy atom. The molecule has 1 saturated heterocycles. The van der Waals surface area contributed by atoms with Gasteiger partial charge in [-0.25, -0.2) is 0 Å². The van der Waals surface area contributed by atoms with E-state index in [2.05, 4.69) is 5.32 Å². The molecule has 24 heavy (non-hydrogen) atoms. The minimum atomic E-state index is -1.81. The van der Waals surface area contributed by atoms with Crippen molar-refractivity contribution in [3.63, 3.8) is 0 Å². The summed E-state index contributed by atoms with van der Waals surface area (Å²) in [5.74, 6) is -2.36. The van der Waals surface area contributed by atoms with Crippen molar-refractivity contribution in [3.05, 3.63) is 35.9 Å². The molecule has 1 saturated carbocycles. The van der Waals surface area contributed by atoms with Crippen LogP contribution in [0.5, 0.6) is 0 Å². The van der Waals surface area contributed by atoms with Gasteiger partial charge in [0.2, 0.25) is 5.91 Å². The molecule has 2 bridgehead atoms. The van der Waals surface area contributed by atoms with Crippen molar-refractivity contribution in [2.24, 2.45) is 28.4 Å². The third-order valence-electron chi connectivity index (χ3n) is 6.08. The normalized spacial score (nSPS) is 39.2. The van der Waals surface area contributed by atoms with E-state index in [0.29, 0.717) is 0 Å². The highest BCUT2D eigenvalue weighted by Gasteiger charge is 2.79. The van der Waals surface area contributed by atoms with E-state index in [1.54, 1.807) is 31.2 Å². The summed E-state index contributed by atoms with van der Waals surface area (Å²) in [6, 6.07) is 15.1. The number of nitrogens with one attached hydrogen (secondary N) is 1. The fraction of sp³-hybridized carbons (Fsp3) is 0.444. The fourth-order valence-electron chi connectivity index (χ4n) is 4.66. The zero-order chi connectivity index (χ0) is 17.8. The van der Waals surface area contributed by atoms with Gasteiger partial charge in [-0.15, -0.1) is 0 Å². The Bertz CT molecular complexity index is 816. The van der Waals surface area contributed by atoms with Gasteiger partial charge in [-0.3, -0.25) is 4.79 Å². The second kappa shape index (κ2) is 4.81. The van der Waals surface area contributed by atoms with E-state index in [-0.39, 0.29) is 0 Å². The van der Waals surface area contributed by atoms with Crippen LogP contribution >= 0.6 is 0 Å². The average Bonchev–Trinajstić information content (AvgIpc) is 2.77. The summed E-state index contributed by atoms with van der Waals surface area (Å²) in [5.41, 5.74) is 2.45. The van der Waals surface area contributed by atoms with Gasteiger partial charge < -0.3 is 11.1 Å². The van der Waals surface area contributed by atoms with E-state index in [4.69, 9.17) is 5.73 Å². The topological polar surface area (TPSA) is 126 Å². The van der Waals surface area contributed by atoms with Crippen LogP contribution in [0, 0.1) is 56.7 Å². The number of amides is 1. The maximum Gasteiger partial charge on any atom is 0.245 e. The van der Waals surface area contributed by atoms with Crippen LogP contribution in [0.15, 0.2) is 30.3 Å². The van der Waals surface area contributed by atoms with E-state index >= 15 is 0 Å². The molecule has 1 aromatic carbocycles. The molecular formula is C18H17N5O. The number of carbonyl (C=O) groups excluding carboxylic acids is 1. The number of hydrogen-bond donors (Lipinski definition) is 2. The lowest BCUT2D eigenvalue weighted by Crippen LogP contribution is -2.66. The molecule has 6 nitrogen and oxygen atoms in total. The van der Waals surface area contributed by atoms with Crippen LogP contribution in [-0.4, -0.2) is 11.6 Å². The number of fused-ring (bicyclic) bond motifs is 2. The first-order valence-corrected chi connectivity index (χ1v) is 7.76. The first kappa shape index (κ1) is 16.0. The van der Waals surface area contributed by atoms with Crippen molar-refractivity contribution in [2.75, 3.05) is 0 Å². The molecule has 120 valence electrons. The van der Waals surface area contributed by atoms with E-state index in [1.165, 1.54) is 0 Å². The summed E-state index contributed by atoms with van der Waals surface area (Å²) < 4.78 is 0. The monoisotopic (exact) mass is 319 g/mol. The number of hydrogen-bond acceptors (Lipinski definition) is 5. The van der Waals surface area contributed by atoms with Crippen LogP contribution in [0.1, 0.15) is 25.3 Å². The molecule has 5 atom stereocenters. The van der Waals surface area contributed by atoms with E-state index < -0.39 is 40.2 Å². The van der Waals surface area contributed by atoms with Crippen LogP contribution < -0.4 is 11.1 Å². The molecule has 3 rings (SSSR count). The second-order valence-electron chi connectivity index (χ2n) is 6.74. The number of nitrogens with two attached hydrogens (primary N) is 1. The van der Waals surface area contributed by atoms with Crippen molar-refractivity contribution in [1.82, 2.24) is 5.32 Å². The Morgan fingerprint density at radius 2 is 1.67 bits per heavy atom. The highest BCUT2D eigenvalue weighted by atomic mass is 16.2. The average molecular weight is 319 g/mol. The second-order valence-corrected chi connectivity index (χ2v) is 6.74. The van der Waals surface area contributed by atoms with Crippen molar-refractivity contribution < 1.29 is 4.79 Å². The Balaban J connectivity index is 2.40. The molecule has 1 amide bonds. The van der Waals surface area contributed by atoms with Gasteiger partial charge in [0, 0.05) is 17.8 Å². The molecule has 6 heteroatoms. The molecule has 1 aromatic rings. The number of benzene rings is 1. The third kappa shape index (κ3) is 1.44. The predicted molar refractivity (Wildman–Crippen MR) is 84.3 cm³/mol. The Labute approximate surface area is 140 Å². The lowest BCUT2D eigenvalue weighted by molar-refractivity contribution is -0.129. The van der Waals surface area contributed by atoms with Gasteiger partial charge in [0.1, 0.15) is 0 Å². The van der Waals surface area contributed by atoms with Crippen LogP contribution in [0.4, 0.5) is 0 Å². The zero-order valence-electron chi connectivity index (χ0n) is 13.4. The van der Waals surface area contributed by atoms with Gasteiger partial charge in [-0.05, 0) is 5.56 Å². The summed E-state index contributed by atoms with van der Waals surface area (Å²) in [6.45, 7) is 3.49. The third-order valence-corrected chi connectivity index (χ3v) is 6.08. The molecule has 0 aromatic heterocycles. The minimum Gasteiger partial charge on any atom is -0.336 e. The number of carbonyl (C=O) groups is 1. The van der Waals surface area contributed by atoms with Gasteiger partial charge >= 0.3 is 0 Å². The van der Waals surface area contributed by atoms with Crippen molar-refractivity contribution in [1.29, 1.82) is 15.8 Å². The summed E-state index contributed by atoms with van der Waals surface area (Å²) >= 11 is 0. The van der Waals surface area contributed by atoms with Gasteiger partial charge in [0.25, 0.3) is 0 Å². The Kier molecular flexibility index (Phi) is 3.20. The molecule has 0 radical (unpaired) electrons. The lowest BCUT2D eigenvalue weighted by atomic mass is 9.45. The van der Waals surface area contributed by atoms with Crippen molar-refractivity contribution >= 4 is 5.91 Å². The Morgan fingerprint density at radius 1 is 1.08 bits per heavy atom. The molecule has 1 heterocycles. The highest BCUT2D eigenvalue weighted by molar-refractivity contribution is 5.93. The quantitative estimate of drug-likeness (QED) is 0.808. The van der Waals surface area contributed by atoms with Crippen LogP contribution in [0.3, 0.4) is 0 Å². The standard InChI is InChI=1S/C18H17N5O/c1-11-14(13-6-4-3-5-7-13)16(8-19,9-20)17(10-21)12(2)18(11,22)23-15(17)24/h3-7,11-12,14H,22H2,1-2H3,(H,23,24)/t11-,12+,14-,17-,18+/m0/s1. The largest absolute Gasteiger partial charge is 0.336 e. The first-order chi connectivity index (χ1) is 11.4. The van der Waals surface area contributed by atoms with E-state index in [9.17, 15) is 20.6 Å². The molecule has 1 aliphatic carbocycles. The molecular weight excluding hydrogens is 302 g/mol. The first-order valence-electron chi connectivity index (χ1n) is 7.76. The summed E-state index contributed by atoms with van der Waals surface area (Å²) in [4.78, 5) is 12.8. The van der Waals surface area contributed by atoms with Crippen molar-refractivity contribution in [3.8, 4) is 18.2 Å². The smallest absolute Gasteiger partial charge is 0.245 e. The minimum absolute atomic E-state index is 0.401. The van der Waals surface area contributed by atoms with Gasteiger partial charge in [0.05, 0.1) is 23.9 Å². The summed E-state index contributed by atoms with van der Waals surface area (Å²) in [6.07, 6.45) is 0. The molecule has 2 aliphatic rings. The van der Waals surface area contributed by atoms with Crippen LogP contribution in [0.25, 0.3) is 0 Å². The summed E-state index contributed by atoms with van der Waals surface area (Å²) in [5, 5.41) is 32.6. The molecule has 0 spiro atoms. The van der Waals surface area contributed by atoms with Gasteiger partial charge in [0.15, 0.2) is 10.8 Å².